The minimum atomic E-state index is -3.79. The van der Waals surface area contributed by atoms with Crippen LogP contribution in [0.5, 0.6) is 0 Å². The van der Waals surface area contributed by atoms with Crippen LogP contribution in [0.1, 0.15) is 28.4 Å². The van der Waals surface area contributed by atoms with Gasteiger partial charge in [-0.25, -0.2) is 13.2 Å². The second-order valence-corrected chi connectivity index (χ2v) is 9.13. The normalized spacial score (nSPS) is 15.4. The molecule has 10 heteroatoms. The third-order valence-electron chi connectivity index (χ3n) is 5.00. The highest BCUT2D eigenvalue weighted by Crippen LogP contribution is 2.22. The van der Waals surface area contributed by atoms with Crippen molar-refractivity contribution in [1.29, 1.82) is 5.26 Å². The number of anilines is 1. The zero-order valence-corrected chi connectivity index (χ0v) is 18.5. The number of carbonyl (C=O) groups excluding carboxylic acids is 2. The molecule has 0 aromatic heterocycles. The number of hydrogen-bond donors (Lipinski definition) is 1. The first-order chi connectivity index (χ1) is 15.2. The highest BCUT2D eigenvalue weighted by atomic mass is 32.2. The van der Waals surface area contributed by atoms with Crippen LogP contribution in [-0.2, 0) is 24.3 Å². The van der Waals surface area contributed by atoms with Gasteiger partial charge in [0, 0.05) is 13.1 Å². The van der Waals surface area contributed by atoms with E-state index in [1.165, 1.54) is 29.4 Å². The van der Waals surface area contributed by atoms with Crippen molar-refractivity contribution in [3.8, 4) is 6.07 Å². The van der Waals surface area contributed by atoms with Gasteiger partial charge in [-0.2, -0.15) is 9.57 Å². The Bertz CT molecular complexity index is 1170. The first kappa shape index (κ1) is 23.4. The average Bonchev–Trinajstić information content (AvgIpc) is 2.80. The Morgan fingerprint density at radius 2 is 1.88 bits per heavy atom. The van der Waals surface area contributed by atoms with E-state index in [4.69, 9.17) is 14.7 Å². The van der Waals surface area contributed by atoms with Crippen LogP contribution in [-0.4, -0.2) is 57.0 Å². The van der Waals surface area contributed by atoms with Crippen LogP contribution in [0.3, 0.4) is 0 Å². The van der Waals surface area contributed by atoms with E-state index >= 15 is 0 Å². The number of sulfonamides is 1. The zero-order valence-electron chi connectivity index (χ0n) is 17.7. The number of rotatable bonds is 6. The van der Waals surface area contributed by atoms with E-state index in [1.54, 1.807) is 31.2 Å². The SMILES string of the molecule is Cc1ccc(S(=O)(=O)N2CCOCC2)cc1C(=O)OC(C)C(=O)Nc1ccccc1C#N. The Hall–Kier alpha value is -3.26. The van der Waals surface area contributed by atoms with Gasteiger partial charge < -0.3 is 14.8 Å². The van der Waals surface area contributed by atoms with Gasteiger partial charge in [0.1, 0.15) is 6.07 Å². The molecule has 0 spiro atoms. The van der Waals surface area contributed by atoms with Gasteiger partial charge in [0.2, 0.25) is 10.0 Å². The maximum atomic E-state index is 12.9. The topological polar surface area (TPSA) is 126 Å². The van der Waals surface area contributed by atoms with Crippen LogP contribution in [0.25, 0.3) is 0 Å². The fraction of sp³-hybridized carbons (Fsp3) is 0.318. The largest absolute Gasteiger partial charge is 0.449 e. The molecule has 2 aromatic rings. The number of nitrogens with zero attached hydrogens (tertiary/aromatic N) is 2. The fourth-order valence-electron chi connectivity index (χ4n) is 3.12. The Labute approximate surface area is 186 Å². The van der Waals surface area contributed by atoms with Gasteiger partial charge in [0.15, 0.2) is 6.10 Å². The average molecular weight is 458 g/mol. The number of esters is 1. The molecule has 1 N–H and O–H groups in total. The molecule has 168 valence electrons. The first-order valence-corrected chi connectivity index (χ1v) is 11.4. The molecule has 1 atom stereocenters. The summed E-state index contributed by atoms with van der Waals surface area (Å²) < 4.78 is 37.6. The fourth-order valence-corrected chi connectivity index (χ4v) is 4.55. The van der Waals surface area contributed by atoms with Crippen LogP contribution < -0.4 is 5.32 Å². The molecule has 1 aliphatic heterocycles. The molecule has 0 radical (unpaired) electrons. The number of aryl methyl sites for hydroxylation is 1. The molecule has 1 saturated heterocycles. The van der Waals surface area contributed by atoms with Gasteiger partial charge in [-0.1, -0.05) is 18.2 Å². The van der Waals surface area contributed by atoms with Gasteiger partial charge in [-0.05, 0) is 43.7 Å². The predicted octanol–water partition coefficient (Wildman–Crippen LogP) is 2.07. The summed E-state index contributed by atoms with van der Waals surface area (Å²) in [5.74, 6) is -1.44. The maximum Gasteiger partial charge on any atom is 0.339 e. The molecule has 3 rings (SSSR count). The van der Waals surface area contributed by atoms with Crippen molar-refractivity contribution in [2.24, 2.45) is 0 Å². The molecule has 1 fully saturated rings. The summed E-state index contributed by atoms with van der Waals surface area (Å²) in [6, 6.07) is 12.6. The number of carbonyl (C=O) groups is 2. The molecular weight excluding hydrogens is 434 g/mol. The van der Waals surface area contributed by atoms with Crippen molar-refractivity contribution in [3.05, 3.63) is 59.2 Å². The summed E-state index contributed by atoms with van der Waals surface area (Å²) in [6.45, 7) is 4.12. The molecule has 32 heavy (non-hydrogen) atoms. The standard InChI is InChI=1S/C22H23N3O6S/c1-15-7-8-18(32(28,29)25-9-11-30-12-10-25)13-19(15)22(27)31-16(2)21(26)24-20-6-4-3-5-17(20)14-23/h3-8,13,16H,9-12H2,1-2H3,(H,24,26). The maximum absolute atomic E-state index is 12.9. The molecule has 9 nitrogen and oxygen atoms in total. The Kier molecular flexibility index (Phi) is 7.25. The van der Waals surface area contributed by atoms with Gasteiger partial charge in [0.25, 0.3) is 5.91 Å². The van der Waals surface area contributed by atoms with Gasteiger partial charge in [-0.15, -0.1) is 0 Å². The molecule has 0 aliphatic carbocycles. The first-order valence-electron chi connectivity index (χ1n) is 9.93. The molecule has 1 amide bonds. The molecule has 1 aliphatic rings. The van der Waals surface area contributed by atoms with E-state index in [1.807, 2.05) is 6.07 Å². The molecule has 1 heterocycles. The van der Waals surface area contributed by atoms with E-state index < -0.39 is 28.0 Å². The van der Waals surface area contributed by atoms with Crippen molar-refractivity contribution in [1.82, 2.24) is 4.31 Å². The van der Waals surface area contributed by atoms with E-state index in [9.17, 15) is 18.0 Å². The van der Waals surface area contributed by atoms with E-state index in [0.29, 0.717) is 24.5 Å². The van der Waals surface area contributed by atoms with Crippen molar-refractivity contribution in [2.45, 2.75) is 24.8 Å². The smallest absolute Gasteiger partial charge is 0.339 e. The zero-order chi connectivity index (χ0) is 23.3. The van der Waals surface area contributed by atoms with Gasteiger partial charge in [0.05, 0.1) is 34.9 Å². The molecule has 1 unspecified atom stereocenters. The van der Waals surface area contributed by atoms with Crippen molar-refractivity contribution in [3.63, 3.8) is 0 Å². The summed E-state index contributed by atoms with van der Waals surface area (Å²) in [5, 5.41) is 11.7. The number of ether oxygens (including phenoxy) is 2. The molecule has 2 aromatic carbocycles. The number of nitriles is 1. The number of nitrogens with one attached hydrogen (secondary N) is 1. The highest BCUT2D eigenvalue weighted by molar-refractivity contribution is 7.89. The van der Waals surface area contributed by atoms with Crippen molar-refractivity contribution < 1.29 is 27.5 Å². The van der Waals surface area contributed by atoms with Gasteiger partial charge >= 0.3 is 5.97 Å². The molecular formula is C22H23N3O6S. The lowest BCUT2D eigenvalue weighted by Gasteiger charge is -2.26. The lowest BCUT2D eigenvalue weighted by molar-refractivity contribution is -0.123. The van der Waals surface area contributed by atoms with Crippen LogP contribution >= 0.6 is 0 Å². The number of benzene rings is 2. The third kappa shape index (κ3) is 5.13. The van der Waals surface area contributed by atoms with Crippen LogP contribution in [0, 0.1) is 18.3 Å². The van der Waals surface area contributed by atoms with Crippen LogP contribution in [0.2, 0.25) is 0 Å². The van der Waals surface area contributed by atoms with Crippen molar-refractivity contribution in [2.75, 3.05) is 31.6 Å². The minimum Gasteiger partial charge on any atom is -0.449 e. The Balaban J connectivity index is 1.75. The summed E-state index contributed by atoms with van der Waals surface area (Å²) in [5.41, 5.74) is 1.14. The van der Waals surface area contributed by atoms with E-state index in [0.717, 1.165) is 0 Å². The molecule has 0 bridgehead atoms. The van der Waals surface area contributed by atoms with E-state index in [-0.39, 0.29) is 29.1 Å². The number of para-hydroxylation sites is 1. The number of hydrogen-bond acceptors (Lipinski definition) is 7. The molecule has 0 saturated carbocycles. The van der Waals surface area contributed by atoms with Crippen LogP contribution in [0.15, 0.2) is 47.4 Å². The minimum absolute atomic E-state index is 0.0306. The quantitative estimate of drug-likeness (QED) is 0.658. The van der Waals surface area contributed by atoms with Gasteiger partial charge in [-0.3, -0.25) is 4.79 Å². The number of amides is 1. The highest BCUT2D eigenvalue weighted by Gasteiger charge is 2.28. The lowest BCUT2D eigenvalue weighted by atomic mass is 10.1. The Morgan fingerprint density at radius 3 is 2.56 bits per heavy atom. The second kappa shape index (κ2) is 9.91. The number of morpholine rings is 1. The summed E-state index contributed by atoms with van der Waals surface area (Å²) in [6.07, 6.45) is -1.17. The summed E-state index contributed by atoms with van der Waals surface area (Å²) in [4.78, 5) is 25.2. The van der Waals surface area contributed by atoms with E-state index in [2.05, 4.69) is 5.32 Å². The van der Waals surface area contributed by atoms with Crippen molar-refractivity contribution >= 4 is 27.6 Å². The second-order valence-electron chi connectivity index (χ2n) is 7.19. The Morgan fingerprint density at radius 1 is 1.19 bits per heavy atom. The third-order valence-corrected chi connectivity index (χ3v) is 6.89. The lowest BCUT2D eigenvalue weighted by Crippen LogP contribution is -2.40. The summed E-state index contributed by atoms with van der Waals surface area (Å²) in [7, 11) is -3.79. The van der Waals surface area contributed by atoms with Crippen LogP contribution in [0.4, 0.5) is 5.69 Å². The monoisotopic (exact) mass is 457 g/mol. The predicted molar refractivity (Wildman–Crippen MR) is 115 cm³/mol. The summed E-state index contributed by atoms with van der Waals surface area (Å²) >= 11 is 0.